The van der Waals surface area contributed by atoms with Gasteiger partial charge < -0.3 is 14.5 Å². The van der Waals surface area contributed by atoms with Gasteiger partial charge in [0.25, 0.3) is 0 Å². The number of aromatic amines is 1. The minimum atomic E-state index is -4.03. The quantitative estimate of drug-likeness (QED) is 0.318. The molecule has 180 valence electrons. The Bertz CT molecular complexity index is 1510. The standard InChI is InChI=1S/C25H21NO8S/c1-4-33-25(30)21-13(2)22(26-14(21)3)18(27)12-34-24(29)15-9-10-17-20(11-15)35(31,32)19-8-6-5-7-16(19)23(17)28/h5-11,26H,4,12H2,1-3H3. The molecule has 0 fully saturated rings. The summed E-state index contributed by atoms with van der Waals surface area (Å²) in [6, 6.07) is 9.46. The van der Waals surface area contributed by atoms with Crippen molar-refractivity contribution in [2.75, 3.05) is 13.2 Å². The number of H-pyrrole nitrogens is 1. The number of esters is 2. The molecule has 10 heteroatoms. The average molecular weight is 496 g/mol. The van der Waals surface area contributed by atoms with E-state index in [-0.39, 0.29) is 44.3 Å². The van der Waals surface area contributed by atoms with Crippen molar-refractivity contribution in [2.45, 2.75) is 30.6 Å². The number of rotatable bonds is 6. The van der Waals surface area contributed by atoms with Gasteiger partial charge in [-0.25, -0.2) is 18.0 Å². The molecule has 0 radical (unpaired) electrons. The van der Waals surface area contributed by atoms with E-state index in [1.807, 2.05) is 0 Å². The molecule has 0 unspecified atom stereocenters. The summed E-state index contributed by atoms with van der Waals surface area (Å²) in [5.74, 6) is -2.55. The van der Waals surface area contributed by atoms with E-state index in [1.54, 1.807) is 26.8 Å². The Morgan fingerprint density at radius 3 is 2.31 bits per heavy atom. The van der Waals surface area contributed by atoms with Crippen molar-refractivity contribution >= 4 is 33.3 Å². The molecule has 2 aromatic carbocycles. The molecule has 0 atom stereocenters. The van der Waals surface area contributed by atoms with Gasteiger partial charge in [-0.05, 0) is 56.7 Å². The Labute approximate surface area is 201 Å². The number of carbonyl (C=O) groups is 4. The van der Waals surface area contributed by atoms with Crippen LogP contribution in [0.25, 0.3) is 0 Å². The van der Waals surface area contributed by atoms with Crippen LogP contribution in [-0.4, -0.2) is 50.1 Å². The van der Waals surface area contributed by atoms with E-state index in [1.165, 1.54) is 30.3 Å². The van der Waals surface area contributed by atoms with Gasteiger partial charge in [-0.15, -0.1) is 0 Å². The van der Waals surface area contributed by atoms with Crippen LogP contribution in [-0.2, 0) is 19.3 Å². The number of hydrogen-bond acceptors (Lipinski definition) is 8. The number of aromatic nitrogens is 1. The molecule has 1 aromatic heterocycles. The second-order valence-electron chi connectivity index (χ2n) is 7.88. The summed E-state index contributed by atoms with van der Waals surface area (Å²) in [5, 5.41) is 0. The summed E-state index contributed by atoms with van der Waals surface area (Å²) in [4.78, 5) is 52.5. The summed E-state index contributed by atoms with van der Waals surface area (Å²) in [6.07, 6.45) is 0. The Morgan fingerprint density at radius 2 is 1.60 bits per heavy atom. The van der Waals surface area contributed by atoms with E-state index < -0.39 is 39.9 Å². The zero-order chi connectivity index (χ0) is 25.5. The lowest BCUT2D eigenvalue weighted by Crippen LogP contribution is -2.21. The molecular weight excluding hydrogens is 474 g/mol. The third kappa shape index (κ3) is 4.06. The maximum Gasteiger partial charge on any atom is 0.340 e. The first-order valence-electron chi connectivity index (χ1n) is 10.7. The smallest absolute Gasteiger partial charge is 0.340 e. The number of Topliss-reactive ketones (excluding diaryl/α,β-unsaturated/α-hetero) is 1. The van der Waals surface area contributed by atoms with Gasteiger partial charge in [-0.1, -0.05) is 12.1 Å². The minimum absolute atomic E-state index is 0.0414. The van der Waals surface area contributed by atoms with Gasteiger partial charge in [-0.3, -0.25) is 9.59 Å². The maximum atomic E-state index is 13.0. The van der Waals surface area contributed by atoms with E-state index in [9.17, 15) is 27.6 Å². The second kappa shape index (κ2) is 8.95. The van der Waals surface area contributed by atoms with Crippen molar-refractivity contribution < 1.29 is 37.1 Å². The van der Waals surface area contributed by atoms with Crippen molar-refractivity contribution in [3.8, 4) is 0 Å². The summed E-state index contributed by atoms with van der Waals surface area (Å²) in [5.41, 5.74) is 1.07. The van der Waals surface area contributed by atoms with Gasteiger partial charge in [0.1, 0.15) is 0 Å². The molecule has 1 aliphatic rings. The number of carbonyl (C=O) groups excluding carboxylic acids is 4. The van der Waals surface area contributed by atoms with Gasteiger partial charge in [0.05, 0.1) is 33.2 Å². The van der Waals surface area contributed by atoms with E-state index in [4.69, 9.17) is 9.47 Å². The van der Waals surface area contributed by atoms with Crippen LogP contribution >= 0.6 is 0 Å². The lowest BCUT2D eigenvalue weighted by molar-refractivity contribution is 0.0472. The monoisotopic (exact) mass is 495 g/mol. The van der Waals surface area contributed by atoms with Crippen molar-refractivity contribution in [3.05, 3.63) is 81.7 Å². The molecule has 1 aliphatic heterocycles. The number of ether oxygens (including phenoxy) is 2. The van der Waals surface area contributed by atoms with E-state index in [0.29, 0.717) is 11.3 Å². The Balaban J connectivity index is 1.55. The van der Waals surface area contributed by atoms with Crippen LogP contribution in [0.3, 0.4) is 0 Å². The van der Waals surface area contributed by atoms with Crippen LogP contribution in [0.4, 0.5) is 0 Å². The molecule has 3 aromatic rings. The van der Waals surface area contributed by atoms with Crippen LogP contribution in [0.15, 0.2) is 52.3 Å². The van der Waals surface area contributed by atoms with Crippen molar-refractivity contribution in [2.24, 2.45) is 0 Å². The molecule has 9 nitrogen and oxygen atoms in total. The number of ketones is 2. The summed E-state index contributed by atoms with van der Waals surface area (Å²) in [7, 11) is -4.03. The fourth-order valence-corrected chi connectivity index (χ4v) is 5.71. The van der Waals surface area contributed by atoms with Crippen molar-refractivity contribution in [3.63, 3.8) is 0 Å². The number of benzene rings is 2. The lowest BCUT2D eigenvalue weighted by Gasteiger charge is -2.19. The highest BCUT2D eigenvalue weighted by Crippen LogP contribution is 2.34. The number of hydrogen-bond donors (Lipinski definition) is 1. The fourth-order valence-electron chi connectivity index (χ4n) is 4.04. The number of nitrogens with one attached hydrogen (secondary N) is 1. The molecule has 0 bridgehead atoms. The lowest BCUT2D eigenvalue weighted by atomic mass is 10.0. The first-order chi connectivity index (χ1) is 16.6. The molecular formula is C25H21NO8S. The van der Waals surface area contributed by atoms with Crippen molar-refractivity contribution in [1.82, 2.24) is 4.98 Å². The zero-order valence-corrected chi connectivity index (χ0v) is 19.9. The average Bonchev–Trinajstić information content (AvgIpc) is 3.14. The molecule has 4 rings (SSSR count). The highest BCUT2D eigenvalue weighted by Gasteiger charge is 2.35. The van der Waals surface area contributed by atoms with Crippen LogP contribution in [0.2, 0.25) is 0 Å². The van der Waals surface area contributed by atoms with Gasteiger partial charge in [-0.2, -0.15) is 0 Å². The van der Waals surface area contributed by atoms with E-state index in [0.717, 1.165) is 6.07 Å². The third-order valence-corrected chi connectivity index (χ3v) is 7.55. The first kappa shape index (κ1) is 24.1. The van der Waals surface area contributed by atoms with Gasteiger partial charge in [0, 0.05) is 16.8 Å². The number of aryl methyl sites for hydroxylation is 1. The van der Waals surface area contributed by atoms with Crippen LogP contribution in [0, 0.1) is 13.8 Å². The molecule has 35 heavy (non-hydrogen) atoms. The van der Waals surface area contributed by atoms with Gasteiger partial charge in [0.15, 0.2) is 12.4 Å². The summed E-state index contributed by atoms with van der Waals surface area (Å²) < 4.78 is 36.2. The molecule has 0 spiro atoms. The number of fused-ring (bicyclic) bond motifs is 2. The Morgan fingerprint density at radius 1 is 0.914 bits per heavy atom. The molecule has 0 saturated carbocycles. The van der Waals surface area contributed by atoms with E-state index in [2.05, 4.69) is 4.98 Å². The molecule has 0 saturated heterocycles. The minimum Gasteiger partial charge on any atom is -0.462 e. The summed E-state index contributed by atoms with van der Waals surface area (Å²) in [6.45, 7) is 4.40. The largest absolute Gasteiger partial charge is 0.462 e. The fraction of sp³-hybridized carbons (Fsp3) is 0.200. The molecule has 0 aliphatic carbocycles. The third-order valence-electron chi connectivity index (χ3n) is 5.70. The second-order valence-corrected chi connectivity index (χ2v) is 9.77. The highest BCUT2D eigenvalue weighted by atomic mass is 32.2. The topological polar surface area (TPSA) is 137 Å². The van der Waals surface area contributed by atoms with Crippen LogP contribution in [0.5, 0.6) is 0 Å². The first-order valence-corrected chi connectivity index (χ1v) is 12.2. The van der Waals surface area contributed by atoms with Crippen LogP contribution < -0.4 is 0 Å². The Hall–Kier alpha value is -4.05. The SMILES string of the molecule is CCOC(=O)c1c(C)[nH]c(C(=O)COC(=O)c2ccc3c(c2)S(=O)(=O)c2ccccc2C3=O)c1C. The zero-order valence-electron chi connectivity index (χ0n) is 19.1. The maximum absolute atomic E-state index is 13.0. The highest BCUT2D eigenvalue weighted by molar-refractivity contribution is 7.91. The van der Waals surface area contributed by atoms with Crippen LogP contribution in [0.1, 0.15) is 65.3 Å². The van der Waals surface area contributed by atoms with E-state index >= 15 is 0 Å². The summed E-state index contributed by atoms with van der Waals surface area (Å²) >= 11 is 0. The molecule has 2 heterocycles. The Kier molecular flexibility index (Phi) is 6.16. The predicted octanol–water partition coefficient (Wildman–Crippen LogP) is 3.23. The van der Waals surface area contributed by atoms with Gasteiger partial charge in [0.2, 0.25) is 15.6 Å². The van der Waals surface area contributed by atoms with Gasteiger partial charge >= 0.3 is 11.9 Å². The molecule has 0 amide bonds. The van der Waals surface area contributed by atoms with Crippen molar-refractivity contribution in [1.29, 1.82) is 0 Å². The predicted molar refractivity (Wildman–Crippen MR) is 123 cm³/mol. The molecule has 1 N–H and O–H groups in total. The number of sulfone groups is 1. The normalized spacial score (nSPS) is 13.5.